The number of furan rings is 1. The Morgan fingerprint density at radius 3 is 2.95 bits per heavy atom. The van der Waals surface area contributed by atoms with Crippen LogP contribution in [0, 0.1) is 11.7 Å². The van der Waals surface area contributed by atoms with Crippen molar-refractivity contribution < 1.29 is 13.6 Å². The summed E-state index contributed by atoms with van der Waals surface area (Å²) in [5.74, 6) is -0.186. The molecular formula is C16H18FN3O2. The quantitative estimate of drug-likeness (QED) is 0.924. The van der Waals surface area contributed by atoms with E-state index in [1.54, 1.807) is 0 Å². The van der Waals surface area contributed by atoms with Crippen LogP contribution in [0.15, 0.2) is 22.9 Å². The van der Waals surface area contributed by atoms with E-state index in [1.165, 1.54) is 12.3 Å². The van der Waals surface area contributed by atoms with Gasteiger partial charge in [-0.05, 0) is 44.8 Å². The van der Waals surface area contributed by atoms with E-state index in [4.69, 9.17) is 4.42 Å². The van der Waals surface area contributed by atoms with Crippen molar-refractivity contribution in [2.75, 3.05) is 13.1 Å². The molecule has 1 N–H and O–H groups in total. The first-order valence-electron chi connectivity index (χ1n) is 7.71. The fourth-order valence-electron chi connectivity index (χ4n) is 3.80. The smallest absolute Gasteiger partial charge is 0.270 e. The lowest BCUT2D eigenvalue weighted by Crippen LogP contribution is -2.62. The molecule has 1 amide bonds. The summed E-state index contributed by atoms with van der Waals surface area (Å²) in [4.78, 5) is 19.0. The number of aromatic nitrogens is 1. The predicted molar refractivity (Wildman–Crippen MR) is 79.0 cm³/mol. The van der Waals surface area contributed by atoms with E-state index in [1.807, 2.05) is 0 Å². The summed E-state index contributed by atoms with van der Waals surface area (Å²) in [6, 6.07) is 1.93. The van der Waals surface area contributed by atoms with Gasteiger partial charge in [0.1, 0.15) is 12.0 Å². The van der Waals surface area contributed by atoms with Crippen LogP contribution in [0.3, 0.4) is 0 Å². The highest BCUT2D eigenvalue weighted by molar-refractivity contribution is 5.95. The van der Waals surface area contributed by atoms with E-state index in [2.05, 4.69) is 22.1 Å². The maximum absolute atomic E-state index is 13.6. The molecule has 0 spiro atoms. The highest BCUT2D eigenvalue weighted by Crippen LogP contribution is 2.32. The number of hydrogen-bond donors (Lipinski definition) is 1. The van der Waals surface area contributed by atoms with Crippen molar-refractivity contribution in [2.45, 2.75) is 31.8 Å². The van der Waals surface area contributed by atoms with Crippen LogP contribution < -0.4 is 5.32 Å². The SMILES string of the molecule is CC1C(NC(=O)c2cc3c(F)coc3cn2)C2CCN1CC2. The third-order valence-electron chi connectivity index (χ3n) is 5.12. The Morgan fingerprint density at radius 2 is 2.23 bits per heavy atom. The maximum Gasteiger partial charge on any atom is 0.270 e. The molecule has 2 aromatic rings. The Kier molecular flexibility index (Phi) is 3.14. The average Bonchev–Trinajstić information content (AvgIpc) is 2.92. The highest BCUT2D eigenvalue weighted by atomic mass is 19.1. The molecule has 2 bridgehead atoms. The second-order valence-electron chi connectivity index (χ2n) is 6.26. The van der Waals surface area contributed by atoms with E-state index >= 15 is 0 Å². The van der Waals surface area contributed by atoms with E-state index in [0.717, 1.165) is 32.2 Å². The molecule has 0 radical (unpaired) electrons. The zero-order valence-electron chi connectivity index (χ0n) is 12.4. The summed E-state index contributed by atoms with van der Waals surface area (Å²) >= 11 is 0. The van der Waals surface area contributed by atoms with Crippen molar-refractivity contribution in [1.82, 2.24) is 15.2 Å². The van der Waals surface area contributed by atoms with Gasteiger partial charge in [-0.1, -0.05) is 0 Å². The zero-order chi connectivity index (χ0) is 15.3. The van der Waals surface area contributed by atoms with Crippen molar-refractivity contribution in [3.63, 3.8) is 0 Å². The summed E-state index contributed by atoms with van der Waals surface area (Å²) in [7, 11) is 0. The molecule has 3 aliphatic rings. The van der Waals surface area contributed by atoms with Gasteiger partial charge in [0, 0.05) is 12.1 Å². The number of amides is 1. The van der Waals surface area contributed by atoms with Crippen molar-refractivity contribution in [3.05, 3.63) is 30.0 Å². The summed E-state index contributed by atoms with van der Waals surface area (Å²) in [5, 5.41) is 3.39. The molecule has 0 aromatic carbocycles. The monoisotopic (exact) mass is 303 g/mol. The van der Waals surface area contributed by atoms with Crippen LogP contribution in [-0.4, -0.2) is 41.0 Å². The molecule has 3 aliphatic heterocycles. The first-order valence-corrected chi connectivity index (χ1v) is 7.71. The number of piperidine rings is 3. The Morgan fingerprint density at radius 1 is 1.45 bits per heavy atom. The maximum atomic E-state index is 13.6. The van der Waals surface area contributed by atoms with Crippen LogP contribution in [0.1, 0.15) is 30.3 Å². The van der Waals surface area contributed by atoms with E-state index in [-0.39, 0.29) is 17.6 Å². The number of fused-ring (bicyclic) bond motifs is 4. The highest BCUT2D eigenvalue weighted by Gasteiger charge is 2.40. The minimum Gasteiger partial charge on any atom is -0.460 e. The second-order valence-corrected chi connectivity index (χ2v) is 6.26. The average molecular weight is 303 g/mol. The van der Waals surface area contributed by atoms with Gasteiger partial charge in [-0.2, -0.15) is 0 Å². The van der Waals surface area contributed by atoms with E-state index < -0.39 is 5.82 Å². The fourth-order valence-corrected chi connectivity index (χ4v) is 3.80. The number of carbonyl (C=O) groups is 1. The second kappa shape index (κ2) is 5.05. The standard InChI is InChI=1S/C16H18FN3O2/c1-9-15(10-2-4-20(9)5-3-10)19-16(21)13-6-11-12(17)8-22-14(11)7-18-13/h6-10,15H,2-5H2,1H3,(H,19,21). The van der Waals surface area contributed by atoms with E-state index in [0.29, 0.717) is 22.9 Å². The number of halogens is 1. The molecule has 3 fully saturated rings. The molecule has 2 aromatic heterocycles. The normalized spacial score (nSPS) is 30.6. The summed E-state index contributed by atoms with van der Waals surface area (Å²) in [6.07, 6.45) is 4.67. The first kappa shape index (κ1) is 13.7. The molecular weight excluding hydrogens is 285 g/mol. The van der Waals surface area contributed by atoms with Gasteiger partial charge in [-0.3, -0.25) is 9.69 Å². The van der Waals surface area contributed by atoms with Crippen LogP contribution in [0.25, 0.3) is 11.0 Å². The number of nitrogens with one attached hydrogen (secondary N) is 1. The van der Waals surface area contributed by atoms with Crippen LogP contribution in [0.2, 0.25) is 0 Å². The Bertz CT molecular complexity index is 719. The lowest BCUT2D eigenvalue weighted by molar-refractivity contribution is 0.0216. The molecule has 2 atom stereocenters. The third-order valence-corrected chi connectivity index (χ3v) is 5.12. The Labute approximate surface area is 127 Å². The van der Waals surface area contributed by atoms with Gasteiger partial charge < -0.3 is 9.73 Å². The third kappa shape index (κ3) is 2.09. The lowest BCUT2D eigenvalue weighted by Gasteiger charge is -2.49. The number of pyridine rings is 1. The van der Waals surface area contributed by atoms with Crippen molar-refractivity contribution in [3.8, 4) is 0 Å². The molecule has 22 heavy (non-hydrogen) atoms. The number of nitrogens with zero attached hydrogens (tertiary/aromatic N) is 2. The number of hydrogen-bond acceptors (Lipinski definition) is 4. The van der Waals surface area contributed by atoms with Crippen LogP contribution in [-0.2, 0) is 0 Å². The molecule has 6 heteroatoms. The molecule has 5 nitrogen and oxygen atoms in total. The Hall–Kier alpha value is -1.95. The summed E-state index contributed by atoms with van der Waals surface area (Å²) in [6.45, 7) is 4.38. The Balaban J connectivity index is 1.57. The van der Waals surface area contributed by atoms with Crippen LogP contribution in [0.4, 0.5) is 4.39 Å². The van der Waals surface area contributed by atoms with Gasteiger partial charge in [-0.15, -0.1) is 0 Å². The molecule has 3 saturated heterocycles. The topological polar surface area (TPSA) is 58.4 Å². The minimum atomic E-state index is -0.470. The molecule has 5 heterocycles. The lowest BCUT2D eigenvalue weighted by atomic mass is 9.79. The summed E-state index contributed by atoms with van der Waals surface area (Å²) in [5.41, 5.74) is 0.585. The largest absolute Gasteiger partial charge is 0.460 e. The van der Waals surface area contributed by atoms with Gasteiger partial charge >= 0.3 is 0 Å². The van der Waals surface area contributed by atoms with Gasteiger partial charge in [0.15, 0.2) is 11.4 Å². The van der Waals surface area contributed by atoms with Gasteiger partial charge in [-0.25, -0.2) is 9.37 Å². The fraction of sp³-hybridized carbons (Fsp3) is 0.500. The van der Waals surface area contributed by atoms with E-state index in [9.17, 15) is 9.18 Å². The molecule has 116 valence electrons. The van der Waals surface area contributed by atoms with Crippen molar-refractivity contribution in [1.29, 1.82) is 0 Å². The van der Waals surface area contributed by atoms with Crippen LogP contribution >= 0.6 is 0 Å². The van der Waals surface area contributed by atoms with Gasteiger partial charge in [0.05, 0.1) is 11.6 Å². The summed E-state index contributed by atoms with van der Waals surface area (Å²) < 4.78 is 18.6. The zero-order valence-corrected chi connectivity index (χ0v) is 12.4. The van der Waals surface area contributed by atoms with Crippen LogP contribution in [0.5, 0.6) is 0 Å². The number of rotatable bonds is 2. The first-order chi connectivity index (χ1) is 10.6. The minimum absolute atomic E-state index is 0.140. The van der Waals surface area contributed by atoms with Crippen molar-refractivity contribution in [2.24, 2.45) is 5.92 Å². The molecule has 2 unspecified atom stereocenters. The molecule has 5 rings (SSSR count). The van der Waals surface area contributed by atoms with Gasteiger partial charge in [0.2, 0.25) is 0 Å². The van der Waals surface area contributed by atoms with Gasteiger partial charge in [0.25, 0.3) is 5.91 Å². The molecule has 0 aliphatic carbocycles. The predicted octanol–water partition coefficient (Wildman–Crippen LogP) is 2.18. The molecule has 0 saturated carbocycles. The van der Waals surface area contributed by atoms with Crippen molar-refractivity contribution >= 4 is 16.9 Å². The number of carbonyl (C=O) groups excluding carboxylic acids is 1.